The minimum absolute atomic E-state index is 0.237. The molecule has 0 unspecified atom stereocenters. The number of ether oxygens (including phenoxy) is 1. The van der Waals surface area contributed by atoms with E-state index >= 15 is 0 Å². The van der Waals surface area contributed by atoms with Crippen LogP contribution in [0.3, 0.4) is 0 Å². The molecule has 0 saturated heterocycles. The fraction of sp³-hybridized carbons (Fsp3) is 0.125. The number of hydrogen-bond acceptors (Lipinski definition) is 4. The number of carbonyl (C=O) groups is 1. The number of imidazole rings is 1. The van der Waals surface area contributed by atoms with Crippen molar-refractivity contribution in [3.05, 3.63) is 54.4 Å². The first-order chi connectivity index (χ1) is 11.9. The molecule has 0 bridgehead atoms. The van der Waals surface area contributed by atoms with E-state index < -0.39 is 12.3 Å². The van der Waals surface area contributed by atoms with Gasteiger partial charge in [-0.25, -0.2) is 4.98 Å². The normalized spacial score (nSPS) is 11.5. The molecule has 25 heavy (non-hydrogen) atoms. The van der Waals surface area contributed by atoms with Gasteiger partial charge in [0.25, 0.3) is 5.91 Å². The van der Waals surface area contributed by atoms with Gasteiger partial charge in [-0.3, -0.25) is 9.20 Å². The lowest BCUT2D eigenvalue weighted by atomic mass is 10.2. The molecule has 0 fully saturated rings. The van der Waals surface area contributed by atoms with Crippen molar-refractivity contribution >= 4 is 28.9 Å². The predicted octanol–water partition coefficient (Wildman–Crippen LogP) is 4.21. The molecule has 3 rings (SSSR count). The van der Waals surface area contributed by atoms with Gasteiger partial charge in [-0.15, -0.1) is 13.2 Å². The van der Waals surface area contributed by atoms with E-state index in [1.165, 1.54) is 23.9 Å². The Morgan fingerprint density at radius 3 is 2.56 bits per heavy atom. The number of thioether (sulfide) groups is 1. The summed E-state index contributed by atoms with van der Waals surface area (Å²) in [5.41, 5.74) is 1.21. The lowest BCUT2D eigenvalue weighted by Crippen LogP contribution is -2.17. The summed E-state index contributed by atoms with van der Waals surface area (Å²) in [5, 5.41) is 3.28. The Hall–Kier alpha value is -2.68. The number of carbonyl (C=O) groups excluding carboxylic acids is 1. The first-order valence-electron chi connectivity index (χ1n) is 7.05. The maximum atomic E-state index is 12.5. The van der Waals surface area contributed by atoms with Gasteiger partial charge >= 0.3 is 6.36 Å². The Morgan fingerprint density at radius 2 is 1.92 bits per heavy atom. The summed E-state index contributed by atoms with van der Waals surface area (Å²) in [6.07, 6.45) is -1.11. The van der Waals surface area contributed by atoms with Crippen molar-refractivity contribution in [2.75, 3.05) is 11.6 Å². The van der Waals surface area contributed by atoms with Crippen molar-refractivity contribution in [2.45, 2.75) is 11.5 Å². The molecule has 3 aromatic rings. The summed E-state index contributed by atoms with van der Waals surface area (Å²) in [6, 6.07) is 10.3. The van der Waals surface area contributed by atoms with Gasteiger partial charge in [0, 0.05) is 11.9 Å². The minimum atomic E-state index is -4.76. The third-order valence-corrected chi connectivity index (χ3v) is 3.91. The summed E-state index contributed by atoms with van der Waals surface area (Å²) in [7, 11) is 0. The molecule has 2 aromatic heterocycles. The number of alkyl halides is 3. The second kappa shape index (κ2) is 6.67. The Bertz CT molecular complexity index is 907. The minimum Gasteiger partial charge on any atom is -0.406 e. The Balaban J connectivity index is 1.81. The number of nitrogens with zero attached hydrogens (tertiary/aromatic N) is 2. The average Bonchev–Trinajstić information content (AvgIpc) is 2.94. The van der Waals surface area contributed by atoms with Crippen molar-refractivity contribution in [3.63, 3.8) is 0 Å². The van der Waals surface area contributed by atoms with Crippen molar-refractivity contribution in [1.82, 2.24) is 9.38 Å². The van der Waals surface area contributed by atoms with Crippen LogP contribution in [-0.2, 0) is 0 Å². The van der Waals surface area contributed by atoms with Gasteiger partial charge in [-0.05, 0) is 42.7 Å². The molecule has 5 nitrogen and oxygen atoms in total. The third-order valence-electron chi connectivity index (χ3n) is 3.26. The Kier molecular flexibility index (Phi) is 4.58. The monoisotopic (exact) mass is 367 g/mol. The van der Waals surface area contributed by atoms with Crippen molar-refractivity contribution in [1.29, 1.82) is 0 Å². The molecule has 1 aromatic carbocycles. The number of anilines is 1. The summed E-state index contributed by atoms with van der Waals surface area (Å²) >= 11 is 1.40. The van der Waals surface area contributed by atoms with Crippen molar-refractivity contribution in [2.24, 2.45) is 0 Å². The van der Waals surface area contributed by atoms with Crippen LogP contribution in [0.5, 0.6) is 5.75 Å². The van der Waals surface area contributed by atoms with Crippen molar-refractivity contribution < 1.29 is 22.7 Å². The highest BCUT2D eigenvalue weighted by Gasteiger charge is 2.31. The molecule has 0 saturated carbocycles. The van der Waals surface area contributed by atoms with Crippen LogP contribution in [0.4, 0.5) is 18.9 Å². The van der Waals surface area contributed by atoms with E-state index in [1.54, 1.807) is 22.7 Å². The van der Waals surface area contributed by atoms with Crippen LogP contribution in [-0.4, -0.2) is 27.9 Å². The molecule has 9 heteroatoms. The molecule has 130 valence electrons. The largest absolute Gasteiger partial charge is 0.573 e. The second-order valence-corrected chi connectivity index (χ2v) is 5.70. The quantitative estimate of drug-likeness (QED) is 0.702. The summed E-state index contributed by atoms with van der Waals surface area (Å²) < 4.78 is 42.0. The topological polar surface area (TPSA) is 55.6 Å². The molecule has 1 N–H and O–H groups in total. The Morgan fingerprint density at radius 1 is 1.20 bits per heavy atom. The van der Waals surface area contributed by atoms with Crippen LogP contribution in [0.15, 0.2) is 53.8 Å². The number of rotatable bonds is 4. The first kappa shape index (κ1) is 17.2. The molecule has 0 aliphatic carbocycles. The summed E-state index contributed by atoms with van der Waals surface area (Å²) in [5.74, 6) is -0.809. The zero-order valence-electron chi connectivity index (χ0n) is 12.9. The number of aromatic nitrogens is 2. The maximum Gasteiger partial charge on any atom is 0.573 e. The second-order valence-electron chi connectivity index (χ2n) is 4.93. The number of pyridine rings is 1. The number of halogens is 3. The lowest BCUT2D eigenvalue weighted by Gasteiger charge is -2.09. The van der Waals surface area contributed by atoms with E-state index in [-0.39, 0.29) is 11.4 Å². The highest BCUT2D eigenvalue weighted by atomic mass is 32.2. The zero-order valence-corrected chi connectivity index (χ0v) is 13.7. The number of amides is 1. The average molecular weight is 367 g/mol. The van der Waals surface area contributed by atoms with Gasteiger partial charge in [0.15, 0.2) is 10.9 Å². The Labute approximate surface area is 144 Å². The van der Waals surface area contributed by atoms with E-state index in [0.717, 1.165) is 12.1 Å². The standard InChI is InChI=1S/C16H12F3N3O2S/c1-25-15-21-13(12-4-2-3-9-22(12)15)14(23)20-10-5-7-11(8-6-10)24-16(17,18)19/h2-9H,1H3,(H,20,23). The van der Waals surface area contributed by atoms with E-state index in [2.05, 4.69) is 15.0 Å². The molecular formula is C16H12F3N3O2S. The maximum absolute atomic E-state index is 12.5. The van der Waals surface area contributed by atoms with Gasteiger partial charge in [0.05, 0.1) is 5.52 Å². The fourth-order valence-corrected chi connectivity index (χ4v) is 2.79. The van der Waals surface area contributed by atoms with Crippen LogP contribution in [0.1, 0.15) is 10.5 Å². The third kappa shape index (κ3) is 3.87. The van der Waals surface area contributed by atoms with E-state index in [9.17, 15) is 18.0 Å². The van der Waals surface area contributed by atoms with E-state index in [1.807, 2.05) is 12.3 Å². The van der Waals surface area contributed by atoms with Gasteiger partial charge in [0.1, 0.15) is 5.75 Å². The molecule has 0 aliphatic heterocycles. The number of benzene rings is 1. The van der Waals surface area contributed by atoms with Gasteiger partial charge < -0.3 is 10.1 Å². The van der Waals surface area contributed by atoms with E-state index in [0.29, 0.717) is 16.4 Å². The van der Waals surface area contributed by atoms with Gasteiger partial charge in [-0.2, -0.15) is 0 Å². The molecule has 0 atom stereocenters. The molecule has 0 aliphatic rings. The van der Waals surface area contributed by atoms with Crippen LogP contribution < -0.4 is 10.1 Å². The zero-order chi connectivity index (χ0) is 18.0. The highest BCUT2D eigenvalue weighted by Crippen LogP contribution is 2.25. The number of hydrogen-bond donors (Lipinski definition) is 1. The first-order valence-corrected chi connectivity index (χ1v) is 8.28. The van der Waals surface area contributed by atoms with Crippen LogP contribution >= 0.6 is 11.8 Å². The highest BCUT2D eigenvalue weighted by molar-refractivity contribution is 7.98. The summed E-state index contributed by atoms with van der Waals surface area (Å²) in [4.78, 5) is 16.8. The summed E-state index contributed by atoms with van der Waals surface area (Å²) in [6.45, 7) is 0. The molecular weight excluding hydrogens is 355 g/mol. The van der Waals surface area contributed by atoms with Crippen LogP contribution in [0.25, 0.3) is 5.52 Å². The van der Waals surface area contributed by atoms with Crippen LogP contribution in [0, 0.1) is 0 Å². The SMILES string of the molecule is CSc1nc(C(=O)Nc2ccc(OC(F)(F)F)cc2)c2ccccn12. The van der Waals surface area contributed by atoms with Crippen molar-refractivity contribution in [3.8, 4) is 5.75 Å². The molecule has 0 radical (unpaired) electrons. The molecule has 0 spiro atoms. The lowest BCUT2D eigenvalue weighted by molar-refractivity contribution is -0.274. The number of nitrogens with one attached hydrogen (secondary N) is 1. The van der Waals surface area contributed by atoms with Crippen LogP contribution in [0.2, 0.25) is 0 Å². The smallest absolute Gasteiger partial charge is 0.406 e. The molecule has 1 amide bonds. The number of fused-ring (bicyclic) bond motifs is 1. The van der Waals surface area contributed by atoms with Gasteiger partial charge in [0.2, 0.25) is 0 Å². The predicted molar refractivity (Wildman–Crippen MR) is 88.1 cm³/mol. The van der Waals surface area contributed by atoms with E-state index in [4.69, 9.17) is 0 Å². The van der Waals surface area contributed by atoms with Gasteiger partial charge in [-0.1, -0.05) is 17.8 Å². The molecule has 2 heterocycles. The fourth-order valence-electron chi connectivity index (χ4n) is 2.25.